The van der Waals surface area contributed by atoms with Gasteiger partial charge in [0.15, 0.2) is 0 Å². The van der Waals surface area contributed by atoms with Crippen molar-refractivity contribution in [1.29, 1.82) is 0 Å². The van der Waals surface area contributed by atoms with E-state index in [0.717, 1.165) is 11.3 Å². The number of sulfonamides is 1. The van der Waals surface area contributed by atoms with Gasteiger partial charge in [0.1, 0.15) is 0 Å². The molecule has 0 unspecified atom stereocenters. The summed E-state index contributed by atoms with van der Waals surface area (Å²) in [6, 6.07) is 4.64. The average molecular weight is 395 g/mol. The fourth-order valence-corrected chi connectivity index (χ4v) is 4.84. The van der Waals surface area contributed by atoms with Gasteiger partial charge in [0, 0.05) is 38.3 Å². The van der Waals surface area contributed by atoms with Crippen LogP contribution in [0.2, 0.25) is 0 Å². The van der Waals surface area contributed by atoms with E-state index in [2.05, 4.69) is 4.72 Å². The van der Waals surface area contributed by atoms with Crippen LogP contribution in [0.15, 0.2) is 23.1 Å². The molecule has 3 rings (SSSR count). The summed E-state index contributed by atoms with van der Waals surface area (Å²) >= 11 is 0. The number of nitrogens with zero attached hydrogens (tertiary/aromatic N) is 2. The maximum atomic E-state index is 12.8. The molecule has 1 fully saturated rings. The Morgan fingerprint density at radius 2 is 1.96 bits per heavy atom. The van der Waals surface area contributed by atoms with Crippen molar-refractivity contribution < 1.29 is 22.7 Å². The lowest BCUT2D eigenvalue weighted by Gasteiger charge is -2.31. The summed E-state index contributed by atoms with van der Waals surface area (Å²) in [6.45, 7) is 3.00. The Bertz CT molecular complexity index is 831. The molecule has 0 aromatic heterocycles. The van der Waals surface area contributed by atoms with Crippen LogP contribution in [0.25, 0.3) is 0 Å². The van der Waals surface area contributed by atoms with Crippen LogP contribution in [0.3, 0.4) is 0 Å². The van der Waals surface area contributed by atoms with Gasteiger partial charge < -0.3 is 14.5 Å². The van der Waals surface area contributed by atoms with Crippen LogP contribution in [0.4, 0.5) is 10.5 Å². The maximum Gasteiger partial charge on any atom is 0.409 e. The van der Waals surface area contributed by atoms with E-state index >= 15 is 0 Å². The number of nitrogens with one attached hydrogen (secondary N) is 1. The molecule has 2 aliphatic rings. The Balaban J connectivity index is 1.66. The standard InChI is InChI=1S/C18H25N3O5S/c1-3-26-18(23)21-10-8-14(9-11-21)19-27(24,25)15-5-6-16-13(12-15)4-7-17(22)20(16)2/h5-6,12,14,19H,3-4,7-11H2,1-2H3. The van der Waals surface area contributed by atoms with Crippen molar-refractivity contribution in [1.82, 2.24) is 9.62 Å². The van der Waals surface area contributed by atoms with Crippen LogP contribution >= 0.6 is 0 Å². The third kappa shape index (κ3) is 4.24. The van der Waals surface area contributed by atoms with Crippen LogP contribution in [-0.4, -0.2) is 58.1 Å². The second kappa shape index (κ2) is 7.85. The van der Waals surface area contributed by atoms with Crippen LogP contribution in [0.1, 0.15) is 31.7 Å². The normalized spacial score (nSPS) is 18.4. The van der Waals surface area contributed by atoms with Crippen molar-refractivity contribution in [2.24, 2.45) is 0 Å². The molecule has 27 heavy (non-hydrogen) atoms. The molecule has 2 aliphatic heterocycles. The number of ether oxygens (including phenoxy) is 1. The first-order valence-corrected chi connectivity index (χ1v) is 10.6. The Labute approximate surface area is 159 Å². The summed E-state index contributed by atoms with van der Waals surface area (Å²) in [5.74, 6) is 0.0320. The highest BCUT2D eigenvalue weighted by atomic mass is 32.2. The number of aryl methyl sites for hydroxylation is 1. The van der Waals surface area contributed by atoms with Crippen molar-refractivity contribution in [3.8, 4) is 0 Å². The Kier molecular flexibility index (Phi) is 5.71. The van der Waals surface area contributed by atoms with E-state index < -0.39 is 10.0 Å². The summed E-state index contributed by atoms with van der Waals surface area (Å²) in [4.78, 5) is 26.9. The lowest BCUT2D eigenvalue weighted by atomic mass is 10.0. The zero-order valence-corrected chi connectivity index (χ0v) is 16.4. The van der Waals surface area contributed by atoms with E-state index in [-0.39, 0.29) is 22.9 Å². The largest absolute Gasteiger partial charge is 0.450 e. The lowest BCUT2D eigenvalue weighted by Crippen LogP contribution is -2.46. The van der Waals surface area contributed by atoms with Crippen molar-refractivity contribution in [3.05, 3.63) is 23.8 Å². The van der Waals surface area contributed by atoms with Gasteiger partial charge in [-0.1, -0.05) is 0 Å². The molecule has 0 aliphatic carbocycles. The zero-order valence-electron chi connectivity index (χ0n) is 15.6. The van der Waals surface area contributed by atoms with Gasteiger partial charge in [-0.05, 0) is 49.9 Å². The van der Waals surface area contributed by atoms with Crippen molar-refractivity contribution in [2.75, 3.05) is 31.6 Å². The summed E-state index contributed by atoms with van der Waals surface area (Å²) in [5, 5.41) is 0. The van der Waals surface area contributed by atoms with Gasteiger partial charge in [0.25, 0.3) is 0 Å². The molecule has 1 N–H and O–H groups in total. The molecule has 0 saturated carbocycles. The zero-order chi connectivity index (χ0) is 19.6. The van der Waals surface area contributed by atoms with Gasteiger partial charge in [-0.2, -0.15) is 0 Å². The molecule has 0 radical (unpaired) electrons. The second-order valence-corrected chi connectivity index (χ2v) is 8.54. The minimum atomic E-state index is -3.66. The summed E-state index contributed by atoms with van der Waals surface area (Å²) in [7, 11) is -1.96. The monoisotopic (exact) mass is 395 g/mol. The summed E-state index contributed by atoms with van der Waals surface area (Å²) in [6.07, 6.45) is 1.65. The first-order chi connectivity index (χ1) is 12.8. The molecule has 148 valence electrons. The molecule has 2 heterocycles. The summed E-state index contributed by atoms with van der Waals surface area (Å²) < 4.78 is 33.2. The third-order valence-electron chi connectivity index (χ3n) is 5.05. The predicted molar refractivity (Wildman–Crippen MR) is 100 cm³/mol. The lowest BCUT2D eigenvalue weighted by molar-refractivity contribution is -0.118. The van der Waals surface area contributed by atoms with E-state index in [0.29, 0.717) is 45.4 Å². The fourth-order valence-electron chi connectivity index (χ4n) is 3.48. The number of fused-ring (bicyclic) bond motifs is 1. The number of piperidine rings is 1. The van der Waals surface area contributed by atoms with E-state index in [4.69, 9.17) is 4.74 Å². The Morgan fingerprint density at radius 3 is 2.63 bits per heavy atom. The number of likely N-dealkylation sites (tertiary alicyclic amines) is 1. The minimum absolute atomic E-state index is 0.0320. The van der Waals surface area contributed by atoms with Crippen molar-refractivity contribution in [2.45, 2.75) is 43.5 Å². The molecule has 0 spiro atoms. The Morgan fingerprint density at radius 1 is 1.26 bits per heavy atom. The predicted octanol–water partition coefficient (Wildman–Crippen LogP) is 1.49. The number of carbonyl (C=O) groups excluding carboxylic acids is 2. The number of hydrogen-bond acceptors (Lipinski definition) is 5. The third-order valence-corrected chi connectivity index (χ3v) is 6.57. The van der Waals surface area contributed by atoms with Gasteiger partial charge >= 0.3 is 6.09 Å². The van der Waals surface area contributed by atoms with Gasteiger partial charge in [-0.25, -0.2) is 17.9 Å². The molecular formula is C18H25N3O5S. The number of amides is 2. The van der Waals surface area contributed by atoms with Crippen LogP contribution in [0, 0.1) is 0 Å². The smallest absolute Gasteiger partial charge is 0.409 e. The number of rotatable bonds is 4. The molecule has 2 amide bonds. The maximum absolute atomic E-state index is 12.8. The molecule has 9 heteroatoms. The minimum Gasteiger partial charge on any atom is -0.450 e. The molecule has 8 nitrogen and oxygen atoms in total. The highest BCUT2D eigenvalue weighted by Crippen LogP contribution is 2.29. The first kappa shape index (κ1) is 19.6. The summed E-state index contributed by atoms with van der Waals surface area (Å²) in [5.41, 5.74) is 1.62. The van der Waals surface area contributed by atoms with Gasteiger partial charge in [0.05, 0.1) is 11.5 Å². The number of anilines is 1. The first-order valence-electron chi connectivity index (χ1n) is 9.15. The van der Waals surface area contributed by atoms with Crippen molar-refractivity contribution in [3.63, 3.8) is 0 Å². The van der Waals surface area contributed by atoms with E-state index in [9.17, 15) is 18.0 Å². The van der Waals surface area contributed by atoms with Gasteiger partial charge in [0.2, 0.25) is 15.9 Å². The van der Waals surface area contributed by atoms with Crippen LogP contribution in [0.5, 0.6) is 0 Å². The molecule has 0 atom stereocenters. The quantitative estimate of drug-likeness (QED) is 0.833. The number of benzene rings is 1. The van der Waals surface area contributed by atoms with Crippen LogP contribution < -0.4 is 9.62 Å². The van der Waals surface area contributed by atoms with Crippen LogP contribution in [-0.2, 0) is 26.0 Å². The number of carbonyl (C=O) groups is 2. The average Bonchev–Trinajstić information content (AvgIpc) is 2.65. The molecule has 0 bridgehead atoms. The van der Waals surface area contributed by atoms with Gasteiger partial charge in [-0.3, -0.25) is 4.79 Å². The SMILES string of the molecule is CCOC(=O)N1CCC(NS(=O)(=O)c2ccc3c(c2)CCC(=O)N3C)CC1. The Hall–Kier alpha value is -2.13. The molecule has 1 saturated heterocycles. The van der Waals surface area contributed by atoms with Gasteiger partial charge in [-0.15, -0.1) is 0 Å². The topological polar surface area (TPSA) is 96.0 Å². The molecule has 1 aromatic rings. The van der Waals surface area contributed by atoms with E-state index in [1.807, 2.05) is 0 Å². The highest BCUT2D eigenvalue weighted by molar-refractivity contribution is 7.89. The highest BCUT2D eigenvalue weighted by Gasteiger charge is 2.28. The van der Waals surface area contributed by atoms with Crippen molar-refractivity contribution >= 4 is 27.7 Å². The molecular weight excluding hydrogens is 370 g/mol. The second-order valence-electron chi connectivity index (χ2n) is 6.82. The molecule has 1 aromatic carbocycles. The number of hydrogen-bond donors (Lipinski definition) is 1. The van der Waals surface area contributed by atoms with E-state index in [1.54, 1.807) is 35.9 Å². The fraction of sp³-hybridized carbons (Fsp3) is 0.556. The van der Waals surface area contributed by atoms with E-state index in [1.165, 1.54) is 6.07 Å².